The molecule has 7 heteroatoms. The Morgan fingerprint density at radius 1 is 1.00 bits per heavy atom. The largest absolute Gasteiger partial charge is 0.493 e. The van der Waals surface area contributed by atoms with Crippen LogP contribution in [0.25, 0.3) is 0 Å². The number of hydrogen-bond acceptors (Lipinski definition) is 5. The number of methoxy groups -OCH3 is 2. The van der Waals surface area contributed by atoms with Crippen LogP contribution in [-0.4, -0.2) is 78.5 Å². The third kappa shape index (κ3) is 5.65. The molecule has 2 amide bonds. The molecule has 0 spiro atoms. The molecular formula is C32H46N4O3. The molecule has 2 aromatic rings. The van der Waals surface area contributed by atoms with Crippen LogP contribution in [0.4, 0.5) is 4.79 Å². The molecule has 2 aromatic carbocycles. The summed E-state index contributed by atoms with van der Waals surface area (Å²) in [4.78, 5) is 20.3. The van der Waals surface area contributed by atoms with Crippen molar-refractivity contribution < 1.29 is 14.3 Å². The van der Waals surface area contributed by atoms with Crippen molar-refractivity contribution in [3.8, 4) is 11.5 Å². The van der Waals surface area contributed by atoms with Gasteiger partial charge in [0.2, 0.25) is 0 Å². The zero-order valence-corrected chi connectivity index (χ0v) is 24.6. The predicted octanol–water partition coefficient (Wildman–Crippen LogP) is 5.96. The van der Waals surface area contributed by atoms with Gasteiger partial charge < -0.3 is 14.4 Å². The summed E-state index contributed by atoms with van der Waals surface area (Å²) in [6.45, 7) is 11.0. The molecule has 2 fully saturated rings. The minimum absolute atomic E-state index is 0.00726. The van der Waals surface area contributed by atoms with E-state index in [1.165, 1.54) is 0 Å². The number of amidine groups is 1. The zero-order valence-electron chi connectivity index (χ0n) is 24.6. The van der Waals surface area contributed by atoms with Gasteiger partial charge in [0.1, 0.15) is 5.84 Å². The minimum atomic E-state index is -0.560. The van der Waals surface area contributed by atoms with Gasteiger partial charge in [-0.25, -0.2) is 4.79 Å². The van der Waals surface area contributed by atoms with Gasteiger partial charge in [-0.15, -0.1) is 0 Å². The summed E-state index contributed by atoms with van der Waals surface area (Å²) in [5.74, 6) is 1.80. The standard InChI is InChI=1S/C32H46N4O3/c1-23(2)34(24(3)4)21-18-32(26-12-8-7-9-13-26)29-14-10-11-19-35(29)31(37)36(30(32)33)20-17-25-15-16-27(38-5)28(22-25)39-6/h7-9,12-13,15-16,22-24,29,33H,10-11,14,17-21H2,1-6H3/t29-,32-/m0/s1. The number of piperidine rings is 1. The summed E-state index contributed by atoms with van der Waals surface area (Å²) in [5, 5.41) is 9.72. The first-order valence-electron chi connectivity index (χ1n) is 14.4. The lowest BCUT2D eigenvalue weighted by Crippen LogP contribution is -2.70. The lowest BCUT2D eigenvalue weighted by molar-refractivity contribution is 0.0690. The van der Waals surface area contributed by atoms with Crippen molar-refractivity contribution in [3.63, 3.8) is 0 Å². The summed E-state index contributed by atoms with van der Waals surface area (Å²) in [6, 6.07) is 17.2. The second-order valence-corrected chi connectivity index (χ2v) is 11.4. The van der Waals surface area contributed by atoms with E-state index < -0.39 is 5.41 Å². The van der Waals surface area contributed by atoms with Gasteiger partial charge in [0.15, 0.2) is 11.5 Å². The second kappa shape index (κ2) is 12.4. The average molecular weight is 535 g/mol. The maximum atomic E-state index is 13.9. The lowest BCUT2D eigenvalue weighted by Gasteiger charge is -2.56. The van der Waals surface area contributed by atoms with E-state index in [0.717, 1.165) is 49.9 Å². The molecule has 0 saturated carbocycles. The second-order valence-electron chi connectivity index (χ2n) is 11.4. The predicted molar refractivity (Wildman–Crippen MR) is 157 cm³/mol. The third-order valence-electron chi connectivity index (χ3n) is 8.69. The van der Waals surface area contributed by atoms with Crippen LogP contribution in [0.15, 0.2) is 48.5 Å². The monoisotopic (exact) mass is 534 g/mol. The Labute approximate surface area is 234 Å². The number of ether oxygens (including phenoxy) is 2. The average Bonchev–Trinajstić information content (AvgIpc) is 2.94. The molecule has 0 radical (unpaired) electrons. The number of hydrogen-bond donors (Lipinski definition) is 1. The molecule has 0 bridgehead atoms. The Morgan fingerprint density at radius 2 is 1.69 bits per heavy atom. The number of nitrogens with one attached hydrogen (secondary N) is 1. The molecule has 2 saturated heterocycles. The summed E-state index contributed by atoms with van der Waals surface area (Å²) in [5.41, 5.74) is 1.63. The maximum Gasteiger partial charge on any atom is 0.325 e. The molecule has 2 heterocycles. The zero-order chi connectivity index (χ0) is 28.2. The quantitative estimate of drug-likeness (QED) is 0.386. The fourth-order valence-corrected chi connectivity index (χ4v) is 6.72. The van der Waals surface area contributed by atoms with Crippen LogP contribution in [0.5, 0.6) is 11.5 Å². The van der Waals surface area contributed by atoms with Gasteiger partial charge in [-0.3, -0.25) is 15.2 Å². The van der Waals surface area contributed by atoms with Crippen LogP contribution < -0.4 is 9.47 Å². The van der Waals surface area contributed by atoms with E-state index in [1.54, 1.807) is 19.1 Å². The Bertz CT molecular complexity index is 1130. The maximum absolute atomic E-state index is 13.9. The minimum Gasteiger partial charge on any atom is -0.493 e. The van der Waals surface area contributed by atoms with Crippen LogP contribution in [0.1, 0.15) is 64.5 Å². The van der Waals surface area contributed by atoms with E-state index in [-0.39, 0.29) is 12.1 Å². The van der Waals surface area contributed by atoms with Gasteiger partial charge in [-0.05, 0) is 83.1 Å². The van der Waals surface area contributed by atoms with Crippen molar-refractivity contribution in [1.82, 2.24) is 14.7 Å². The van der Waals surface area contributed by atoms with E-state index in [1.807, 2.05) is 24.3 Å². The highest BCUT2D eigenvalue weighted by Gasteiger charge is 2.55. The number of nitrogens with zero attached hydrogens (tertiary/aromatic N) is 3. The molecule has 2 aliphatic heterocycles. The van der Waals surface area contributed by atoms with E-state index in [4.69, 9.17) is 9.47 Å². The first-order valence-corrected chi connectivity index (χ1v) is 14.4. The highest BCUT2D eigenvalue weighted by Crippen LogP contribution is 2.45. The Morgan fingerprint density at radius 3 is 2.33 bits per heavy atom. The highest BCUT2D eigenvalue weighted by molar-refractivity contribution is 6.05. The van der Waals surface area contributed by atoms with Crippen LogP contribution in [0, 0.1) is 5.41 Å². The molecule has 7 nitrogen and oxygen atoms in total. The van der Waals surface area contributed by atoms with Crippen LogP contribution in [0.2, 0.25) is 0 Å². The summed E-state index contributed by atoms with van der Waals surface area (Å²) in [6.07, 6.45) is 4.44. The van der Waals surface area contributed by atoms with Crippen LogP contribution >= 0.6 is 0 Å². The number of rotatable bonds is 11. The number of carbonyl (C=O) groups excluding carboxylic acids is 1. The van der Waals surface area contributed by atoms with Crippen molar-refractivity contribution in [3.05, 3.63) is 59.7 Å². The van der Waals surface area contributed by atoms with Crippen molar-refractivity contribution in [2.75, 3.05) is 33.9 Å². The molecule has 0 unspecified atom stereocenters. The molecule has 0 aliphatic carbocycles. The molecular weight excluding hydrogens is 488 g/mol. The molecule has 2 aliphatic rings. The van der Waals surface area contributed by atoms with Gasteiger partial charge in [-0.1, -0.05) is 36.4 Å². The van der Waals surface area contributed by atoms with E-state index >= 15 is 0 Å². The molecule has 0 aromatic heterocycles. The number of urea groups is 1. The van der Waals surface area contributed by atoms with E-state index in [9.17, 15) is 10.2 Å². The fourth-order valence-electron chi connectivity index (χ4n) is 6.72. The van der Waals surface area contributed by atoms with Gasteiger partial charge in [0.05, 0.1) is 25.7 Å². The van der Waals surface area contributed by atoms with Gasteiger partial charge in [0, 0.05) is 31.7 Å². The third-order valence-corrected chi connectivity index (χ3v) is 8.69. The van der Waals surface area contributed by atoms with Gasteiger partial charge in [0.25, 0.3) is 0 Å². The van der Waals surface area contributed by atoms with Gasteiger partial charge >= 0.3 is 6.03 Å². The smallest absolute Gasteiger partial charge is 0.325 e. The fraction of sp³-hybridized carbons (Fsp3) is 0.562. The molecule has 1 N–H and O–H groups in total. The van der Waals surface area contributed by atoms with E-state index in [2.05, 4.69) is 61.8 Å². The summed E-state index contributed by atoms with van der Waals surface area (Å²) < 4.78 is 10.9. The Hall–Kier alpha value is -3.06. The van der Waals surface area contributed by atoms with Crippen molar-refractivity contribution in [2.24, 2.45) is 0 Å². The Balaban J connectivity index is 1.72. The van der Waals surface area contributed by atoms with Crippen molar-refractivity contribution >= 4 is 11.9 Å². The van der Waals surface area contributed by atoms with Crippen molar-refractivity contribution in [1.29, 1.82) is 5.41 Å². The Kier molecular flexibility index (Phi) is 9.21. The topological polar surface area (TPSA) is 69.1 Å². The first-order chi connectivity index (χ1) is 18.7. The van der Waals surface area contributed by atoms with Crippen molar-refractivity contribution in [2.45, 2.75) is 83.3 Å². The van der Waals surface area contributed by atoms with E-state index in [0.29, 0.717) is 42.4 Å². The molecule has 2 atom stereocenters. The lowest BCUT2D eigenvalue weighted by atomic mass is 9.65. The summed E-state index contributed by atoms with van der Waals surface area (Å²) in [7, 11) is 3.26. The summed E-state index contributed by atoms with van der Waals surface area (Å²) >= 11 is 0. The number of amides is 2. The van der Waals surface area contributed by atoms with Crippen LogP contribution in [0.3, 0.4) is 0 Å². The number of carbonyl (C=O) groups is 1. The van der Waals surface area contributed by atoms with Crippen LogP contribution in [-0.2, 0) is 11.8 Å². The SMILES string of the molecule is COc1ccc(CCN2C(=N)[C@@](CCN(C(C)C)C(C)C)(c3ccccc3)[C@@H]3CCCCN3C2=O)cc1OC. The normalized spacial score (nSPS) is 21.6. The number of fused-ring (bicyclic) bond motifs is 1. The molecule has 39 heavy (non-hydrogen) atoms. The van der Waals surface area contributed by atoms with Gasteiger partial charge in [-0.2, -0.15) is 0 Å². The first kappa shape index (κ1) is 28.9. The molecule has 212 valence electrons. The molecule has 4 rings (SSSR count). The number of benzene rings is 2. The highest BCUT2D eigenvalue weighted by atomic mass is 16.5.